The molecule has 1 atom stereocenters. The largest absolute Gasteiger partial charge is 0.483 e. The van der Waals surface area contributed by atoms with Gasteiger partial charge >= 0.3 is 0 Å². The number of carbonyl (C=O) groups excluding carboxylic acids is 1. The summed E-state index contributed by atoms with van der Waals surface area (Å²) in [5.74, 6) is 0.786. The summed E-state index contributed by atoms with van der Waals surface area (Å²) in [5, 5.41) is 0. The molecule has 0 unspecified atom stereocenters. The quantitative estimate of drug-likeness (QED) is 0.791. The Balaban J connectivity index is 2.01. The number of para-hydroxylation sites is 1. The van der Waals surface area contributed by atoms with Gasteiger partial charge in [0, 0.05) is 0 Å². The van der Waals surface area contributed by atoms with Crippen molar-refractivity contribution in [2.45, 2.75) is 12.5 Å². The second kappa shape index (κ2) is 4.58. The van der Waals surface area contributed by atoms with Crippen molar-refractivity contribution in [3.63, 3.8) is 0 Å². The van der Waals surface area contributed by atoms with Crippen molar-refractivity contribution < 1.29 is 9.53 Å². The summed E-state index contributed by atoms with van der Waals surface area (Å²) in [7, 11) is 0. The fourth-order valence-corrected chi connectivity index (χ4v) is 2.62. The number of ketones is 1. The van der Waals surface area contributed by atoms with Gasteiger partial charge in [-0.25, -0.2) is 0 Å². The fourth-order valence-electron chi connectivity index (χ4n) is 2.16. The van der Waals surface area contributed by atoms with Gasteiger partial charge in [0.15, 0.2) is 5.78 Å². The van der Waals surface area contributed by atoms with Crippen LogP contribution in [0.4, 0.5) is 0 Å². The zero-order valence-corrected chi connectivity index (χ0v) is 11.2. The van der Waals surface area contributed by atoms with Gasteiger partial charge in [-0.3, -0.25) is 4.79 Å². The third-order valence-electron chi connectivity index (χ3n) is 3.07. The molecule has 2 aromatic carbocycles. The normalized spacial score (nSPS) is 18.1. The van der Waals surface area contributed by atoms with Crippen LogP contribution in [-0.4, -0.2) is 5.78 Å². The van der Waals surface area contributed by atoms with Gasteiger partial charge in [-0.15, -0.1) is 0 Å². The lowest BCUT2D eigenvalue weighted by Crippen LogP contribution is -2.20. The summed E-state index contributed by atoms with van der Waals surface area (Å²) in [5.41, 5.74) is 1.70. The monoisotopic (exact) mass is 302 g/mol. The Labute approximate surface area is 114 Å². The summed E-state index contributed by atoms with van der Waals surface area (Å²) >= 11 is 3.43. The highest BCUT2D eigenvalue weighted by Gasteiger charge is 2.28. The number of ether oxygens (including phenoxy) is 1. The fraction of sp³-hybridized carbons (Fsp3) is 0.133. The van der Waals surface area contributed by atoms with E-state index in [1.54, 1.807) is 0 Å². The molecule has 0 spiro atoms. The third-order valence-corrected chi connectivity index (χ3v) is 3.69. The summed E-state index contributed by atoms with van der Waals surface area (Å²) in [6, 6.07) is 15.4. The first kappa shape index (κ1) is 11.5. The number of halogens is 1. The number of Topliss-reactive ketones (excluding diaryl/α,β-unsaturated/α-hetero) is 1. The minimum Gasteiger partial charge on any atom is -0.483 e. The van der Waals surface area contributed by atoms with Crippen molar-refractivity contribution in [3.8, 4) is 5.75 Å². The molecule has 1 aliphatic heterocycles. The molecule has 1 aliphatic rings. The van der Waals surface area contributed by atoms with Gasteiger partial charge in [0.1, 0.15) is 11.9 Å². The Kier molecular flexibility index (Phi) is 2.92. The molecule has 1 heterocycles. The van der Waals surface area contributed by atoms with Crippen LogP contribution >= 0.6 is 15.9 Å². The van der Waals surface area contributed by atoms with E-state index in [0.717, 1.165) is 10.0 Å². The predicted molar refractivity (Wildman–Crippen MR) is 72.9 cm³/mol. The van der Waals surface area contributed by atoms with Gasteiger partial charge in [-0.05, 0) is 33.6 Å². The highest BCUT2D eigenvalue weighted by atomic mass is 79.9. The molecule has 0 fully saturated rings. The van der Waals surface area contributed by atoms with Crippen LogP contribution in [-0.2, 0) is 0 Å². The smallest absolute Gasteiger partial charge is 0.170 e. The summed E-state index contributed by atoms with van der Waals surface area (Å²) in [6.45, 7) is 0. The van der Waals surface area contributed by atoms with E-state index in [-0.39, 0.29) is 11.9 Å². The number of hydrogen-bond acceptors (Lipinski definition) is 2. The van der Waals surface area contributed by atoms with Crippen LogP contribution in [0.2, 0.25) is 0 Å². The zero-order chi connectivity index (χ0) is 12.5. The van der Waals surface area contributed by atoms with Gasteiger partial charge in [0.05, 0.1) is 16.5 Å². The number of rotatable bonds is 1. The zero-order valence-electron chi connectivity index (χ0n) is 9.60. The van der Waals surface area contributed by atoms with Crippen molar-refractivity contribution in [1.82, 2.24) is 0 Å². The van der Waals surface area contributed by atoms with Crippen LogP contribution in [0.3, 0.4) is 0 Å². The number of carbonyl (C=O) groups is 1. The van der Waals surface area contributed by atoms with Gasteiger partial charge in [-0.1, -0.05) is 36.4 Å². The van der Waals surface area contributed by atoms with E-state index in [0.29, 0.717) is 17.7 Å². The standard InChI is InChI=1S/C15H11BrO2/c16-12-8-4-7-11-13(17)9-14(18-15(11)12)10-5-2-1-3-6-10/h1-8,14H,9H2/t14-/m1/s1. The van der Waals surface area contributed by atoms with Crippen LogP contribution in [0.25, 0.3) is 0 Å². The Morgan fingerprint density at radius 3 is 2.61 bits per heavy atom. The van der Waals surface area contributed by atoms with Crippen molar-refractivity contribution in [3.05, 3.63) is 64.1 Å². The molecule has 18 heavy (non-hydrogen) atoms. The molecule has 0 N–H and O–H groups in total. The Bertz CT molecular complexity index is 593. The van der Waals surface area contributed by atoms with E-state index in [4.69, 9.17) is 4.74 Å². The molecule has 90 valence electrons. The second-order valence-electron chi connectivity index (χ2n) is 4.26. The maximum absolute atomic E-state index is 12.1. The molecule has 0 amide bonds. The summed E-state index contributed by atoms with van der Waals surface area (Å²) in [6.07, 6.45) is 0.206. The molecule has 0 radical (unpaired) electrons. The van der Waals surface area contributed by atoms with E-state index in [9.17, 15) is 4.79 Å². The molecule has 0 aliphatic carbocycles. The molecular weight excluding hydrogens is 292 g/mol. The lowest BCUT2D eigenvalue weighted by atomic mass is 9.96. The minimum atomic E-state index is -0.190. The average Bonchev–Trinajstić information content (AvgIpc) is 2.41. The molecule has 3 rings (SSSR count). The maximum atomic E-state index is 12.1. The van der Waals surface area contributed by atoms with Crippen LogP contribution in [0.1, 0.15) is 28.4 Å². The Morgan fingerprint density at radius 2 is 1.83 bits per heavy atom. The van der Waals surface area contributed by atoms with Crippen molar-refractivity contribution in [2.24, 2.45) is 0 Å². The van der Waals surface area contributed by atoms with Gasteiger partial charge in [0.25, 0.3) is 0 Å². The van der Waals surface area contributed by atoms with Crippen LogP contribution in [0.15, 0.2) is 53.0 Å². The molecule has 2 aromatic rings. The number of hydrogen-bond donors (Lipinski definition) is 0. The topological polar surface area (TPSA) is 26.3 Å². The van der Waals surface area contributed by atoms with E-state index < -0.39 is 0 Å². The highest BCUT2D eigenvalue weighted by molar-refractivity contribution is 9.10. The molecule has 0 aromatic heterocycles. The summed E-state index contributed by atoms with van der Waals surface area (Å²) < 4.78 is 6.78. The van der Waals surface area contributed by atoms with E-state index in [2.05, 4.69) is 15.9 Å². The SMILES string of the molecule is O=C1C[C@H](c2ccccc2)Oc2c(Br)cccc21. The average molecular weight is 303 g/mol. The molecule has 0 bridgehead atoms. The van der Waals surface area contributed by atoms with E-state index in [1.807, 2.05) is 48.5 Å². The van der Waals surface area contributed by atoms with Gasteiger partial charge in [0.2, 0.25) is 0 Å². The summed E-state index contributed by atoms with van der Waals surface area (Å²) in [4.78, 5) is 12.1. The molecule has 3 heteroatoms. The Hall–Kier alpha value is -1.61. The lowest BCUT2D eigenvalue weighted by molar-refractivity contribution is 0.0848. The minimum absolute atomic E-state index is 0.131. The van der Waals surface area contributed by atoms with Crippen molar-refractivity contribution in [1.29, 1.82) is 0 Å². The van der Waals surface area contributed by atoms with Crippen molar-refractivity contribution in [2.75, 3.05) is 0 Å². The van der Waals surface area contributed by atoms with Crippen LogP contribution in [0.5, 0.6) is 5.75 Å². The first-order valence-electron chi connectivity index (χ1n) is 5.79. The first-order valence-corrected chi connectivity index (χ1v) is 6.58. The number of fused-ring (bicyclic) bond motifs is 1. The van der Waals surface area contributed by atoms with E-state index in [1.165, 1.54) is 0 Å². The predicted octanol–water partition coefficient (Wildman–Crippen LogP) is 4.16. The third kappa shape index (κ3) is 1.95. The van der Waals surface area contributed by atoms with Gasteiger partial charge in [-0.2, -0.15) is 0 Å². The first-order chi connectivity index (χ1) is 8.75. The van der Waals surface area contributed by atoms with Crippen molar-refractivity contribution >= 4 is 21.7 Å². The van der Waals surface area contributed by atoms with Crippen LogP contribution in [0, 0.1) is 0 Å². The highest BCUT2D eigenvalue weighted by Crippen LogP contribution is 2.39. The van der Waals surface area contributed by atoms with Crippen LogP contribution < -0.4 is 4.74 Å². The molecule has 0 saturated carbocycles. The molecule has 2 nitrogen and oxygen atoms in total. The Morgan fingerprint density at radius 1 is 1.06 bits per heavy atom. The molecular formula is C15H11BrO2. The second-order valence-corrected chi connectivity index (χ2v) is 5.12. The number of benzene rings is 2. The molecule has 0 saturated heterocycles. The van der Waals surface area contributed by atoms with Gasteiger partial charge < -0.3 is 4.74 Å². The maximum Gasteiger partial charge on any atom is 0.170 e. The lowest BCUT2D eigenvalue weighted by Gasteiger charge is -2.26. The van der Waals surface area contributed by atoms with E-state index >= 15 is 0 Å².